The Morgan fingerprint density at radius 3 is 2.61 bits per heavy atom. The van der Waals surface area contributed by atoms with Crippen molar-refractivity contribution in [3.05, 3.63) is 11.3 Å². The van der Waals surface area contributed by atoms with E-state index in [1.807, 2.05) is 0 Å². The third-order valence-corrected chi connectivity index (χ3v) is 4.30. The number of ketones is 1. The minimum atomic E-state index is -0.823. The van der Waals surface area contributed by atoms with Gasteiger partial charge in [-0.05, 0) is 11.8 Å². The molecule has 1 aliphatic carbocycles. The molecular formula is C18H29NO4. The average Bonchev–Trinajstić information content (AvgIpc) is 2.47. The molecule has 5 nitrogen and oxygen atoms in total. The average molecular weight is 323 g/mol. The second-order valence-corrected chi connectivity index (χ2v) is 6.79. The van der Waals surface area contributed by atoms with Gasteiger partial charge < -0.3 is 9.84 Å². The number of aliphatic hydroxyl groups is 1. The van der Waals surface area contributed by atoms with E-state index in [1.54, 1.807) is 13.8 Å². The minimum absolute atomic E-state index is 0.147. The van der Waals surface area contributed by atoms with Crippen molar-refractivity contribution in [3.8, 4) is 0 Å². The van der Waals surface area contributed by atoms with Gasteiger partial charge in [-0.15, -0.1) is 0 Å². The molecule has 0 radical (unpaired) electrons. The lowest BCUT2D eigenvalue weighted by Gasteiger charge is -2.35. The van der Waals surface area contributed by atoms with Crippen LogP contribution < -0.4 is 0 Å². The number of allylic oxidation sites excluding steroid dienone is 1. The van der Waals surface area contributed by atoms with Gasteiger partial charge in [-0.1, -0.05) is 46.5 Å². The van der Waals surface area contributed by atoms with Gasteiger partial charge in [0.25, 0.3) is 0 Å². The number of methoxy groups -OCH3 is 1. The molecule has 0 aromatic carbocycles. The standard InChI is InChI=1S/C18H29NO4/c1-5-6-7-8-9-10-19-12-13-14(20)11-18(2,3)15(16(13)21)17(22)23-4/h12,15,21H,5-11H2,1-4H3/t15-/m1/s1. The van der Waals surface area contributed by atoms with Crippen molar-refractivity contribution in [3.63, 3.8) is 0 Å². The van der Waals surface area contributed by atoms with E-state index in [0.29, 0.717) is 6.54 Å². The summed E-state index contributed by atoms with van der Waals surface area (Å²) in [6.45, 7) is 6.36. The Bertz CT molecular complexity index is 491. The van der Waals surface area contributed by atoms with E-state index < -0.39 is 17.3 Å². The van der Waals surface area contributed by atoms with Crippen molar-refractivity contribution in [2.75, 3.05) is 13.7 Å². The van der Waals surface area contributed by atoms with Gasteiger partial charge >= 0.3 is 5.97 Å². The molecule has 130 valence electrons. The summed E-state index contributed by atoms with van der Waals surface area (Å²) in [6, 6.07) is 0. The lowest BCUT2D eigenvalue weighted by molar-refractivity contribution is -0.150. The second-order valence-electron chi connectivity index (χ2n) is 6.79. The van der Waals surface area contributed by atoms with Crippen molar-refractivity contribution >= 4 is 18.0 Å². The van der Waals surface area contributed by atoms with Crippen LogP contribution in [-0.4, -0.2) is 36.7 Å². The van der Waals surface area contributed by atoms with Gasteiger partial charge in [-0.3, -0.25) is 14.6 Å². The zero-order chi connectivity index (χ0) is 17.5. The predicted molar refractivity (Wildman–Crippen MR) is 90.7 cm³/mol. The molecule has 0 amide bonds. The van der Waals surface area contributed by atoms with Crippen LogP contribution in [0.25, 0.3) is 0 Å². The van der Waals surface area contributed by atoms with E-state index >= 15 is 0 Å². The first kappa shape index (κ1) is 19.4. The van der Waals surface area contributed by atoms with E-state index in [9.17, 15) is 14.7 Å². The number of carbonyl (C=O) groups excluding carboxylic acids is 2. The van der Waals surface area contributed by atoms with Crippen LogP contribution in [0, 0.1) is 11.3 Å². The number of hydrogen-bond donors (Lipinski definition) is 1. The molecule has 0 bridgehead atoms. The highest BCUT2D eigenvalue weighted by atomic mass is 16.5. The van der Waals surface area contributed by atoms with Crippen LogP contribution >= 0.6 is 0 Å². The molecule has 0 aromatic heterocycles. The summed E-state index contributed by atoms with van der Waals surface area (Å²) < 4.78 is 4.77. The summed E-state index contributed by atoms with van der Waals surface area (Å²) in [5.74, 6) is -1.74. The van der Waals surface area contributed by atoms with Gasteiger partial charge in [-0.2, -0.15) is 0 Å². The molecule has 5 heteroatoms. The summed E-state index contributed by atoms with van der Waals surface area (Å²) in [7, 11) is 1.28. The maximum atomic E-state index is 12.2. The Morgan fingerprint density at radius 2 is 2.00 bits per heavy atom. The normalized spacial score (nSPS) is 21.0. The molecule has 23 heavy (non-hydrogen) atoms. The van der Waals surface area contributed by atoms with E-state index in [-0.39, 0.29) is 23.5 Å². The highest BCUT2D eigenvalue weighted by Gasteiger charge is 2.46. The van der Waals surface area contributed by atoms with Crippen molar-refractivity contribution in [2.45, 2.75) is 59.3 Å². The Hall–Kier alpha value is -1.65. The Morgan fingerprint density at radius 1 is 1.35 bits per heavy atom. The number of aliphatic hydroxyl groups excluding tert-OH is 1. The molecule has 0 saturated heterocycles. The fourth-order valence-corrected chi connectivity index (χ4v) is 2.93. The van der Waals surface area contributed by atoms with Crippen LogP contribution in [0.5, 0.6) is 0 Å². The van der Waals surface area contributed by atoms with Crippen LogP contribution in [0.2, 0.25) is 0 Å². The molecule has 0 fully saturated rings. The number of rotatable bonds is 8. The predicted octanol–water partition coefficient (Wildman–Crippen LogP) is 3.63. The molecule has 0 aliphatic heterocycles. The molecular weight excluding hydrogens is 294 g/mol. The number of unbranched alkanes of at least 4 members (excludes halogenated alkanes) is 4. The van der Waals surface area contributed by atoms with Gasteiger partial charge in [-0.25, -0.2) is 0 Å². The number of ether oxygens (including phenoxy) is 1. The van der Waals surface area contributed by atoms with Crippen LogP contribution in [0.1, 0.15) is 59.3 Å². The van der Waals surface area contributed by atoms with Crippen LogP contribution in [0.4, 0.5) is 0 Å². The van der Waals surface area contributed by atoms with Crippen molar-refractivity contribution in [2.24, 2.45) is 16.3 Å². The molecule has 1 aliphatic rings. The number of esters is 1. The molecule has 0 saturated carbocycles. The topological polar surface area (TPSA) is 76.0 Å². The smallest absolute Gasteiger partial charge is 0.316 e. The first-order valence-corrected chi connectivity index (χ1v) is 8.39. The summed E-state index contributed by atoms with van der Waals surface area (Å²) in [5.41, 5.74) is -0.514. The maximum absolute atomic E-state index is 12.2. The maximum Gasteiger partial charge on any atom is 0.316 e. The van der Waals surface area contributed by atoms with Gasteiger partial charge in [0.15, 0.2) is 5.78 Å². The monoisotopic (exact) mass is 323 g/mol. The quantitative estimate of drug-likeness (QED) is 0.420. The zero-order valence-electron chi connectivity index (χ0n) is 14.7. The zero-order valence-corrected chi connectivity index (χ0v) is 14.7. The first-order chi connectivity index (χ1) is 10.8. The highest BCUT2D eigenvalue weighted by Crippen LogP contribution is 2.41. The molecule has 0 heterocycles. The first-order valence-electron chi connectivity index (χ1n) is 8.39. The SMILES string of the molecule is CCCCCCCN=CC1=C(O)[C@H](C(=O)OC)C(C)(C)CC1=O. The van der Waals surface area contributed by atoms with Gasteiger partial charge in [0, 0.05) is 19.2 Å². The van der Waals surface area contributed by atoms with E-state index in [2.05, 4.69) is 11.9 Å². The number of hydrogen-bond acceptors (Lipinski definition) is 5. The summed E-state index contributed by atoms with van der Waals surface area (Å²) >= 11 is 0. The number of carbonyl (C=O) groups is 2. The van der Waals surface area contributed by atoms with E-state index in [4.69, 9.17) is 4.74 Å². The van der Waals surface area contributed by atoms with Crippen LogP contribution in [-0.2, 0) is 14.3 Å². The lowest BCUT2D eigenvalue weighted by atomic mass is 9.68. The van der Waals surface area contributed by atoms with E-state index in [0.717, 1.165) is 12.8 Å². The van der Waals surface area contributed by atoms with E-state index in [1.165, 1.54) is 32.6 Å². The third kappa shape index (κ3) is 5.19. The molecule has 1 atom stereocenters. The Balaban J connectivity index is 2.78. The minimum Gasteiger partial charge on any atom is -0.511 e. The summed E-state index contributed by atoms with van der Waals surface area (Å²) in [5, 5.41) is 10.4. The second kappa shape index (κ2) is 8.85. The summed E-state index contributed by atoms with van der Waals surface area (Å²) in [4.78, 5) is 28.4. The highest BCUT2D eigenvalue weighted by molar-refractivity contribution is 6.15. The third-order valence-electron chi connectivity index (χ3n) is 4.30. The Labute approximate surface area is 138 Å². The number of Topliss-reactive ketones (excluding diaryl/α,β-unsaturated/α-hetero) is 1. The van der Waals surface area contributed by atoms with Crippen LogP contribution in [0.3, 0.4) is 0 Å². The van der Waals surface area contributed by atoms with Crippen LogP contribution in [0.15, 0.2) is 16.3 Å². The molecule has 0 unspecified atom stereocenters. The largest absolute Gasteiger partial charge is 0.511 e. The lowest BCUT2D eigenvalue weighted by Crippen LogP contribution is -2.40. The molecule has 1 rings (SSSR count). The Kier molecular flexibility index (Phi) is 7.46. The van der Waals surface area contributed by atoms with Gasteiger partial charge in [0.1, 0.15) is 11.7 Å². The summed E-state index contributed by atoms with van der Waals surface area (Å²) in [6.07, 6.45) is 7.30. The molecule has 0 spiro atoms. The number of nitrogens with zero attached hydrogens (tertiary/aromatic N) is 1. The van der Waals surface area contributed by atoms with Crippen molar-refractivity contribution < 1.29 is 19.4 Å². The molecule has 0 aromatic rings. The molecule has 1 N–H and O–H groups in total. The fraction of sp³-hybridized carbons (Fsp3) is 0.722. The van der Waals surface area contributed by atoms with Crippen molar-refractivity contribution in [1.29, 1.82) is 0 Å². The van der Waals surface area contributed by atoms with Gasteiger partial charge in [0.2, 0.25) is 0 Å². The number of aliphatic imine (C=N–C) groups is 1. The fourth-order valence-electron chi connectivity index (χ4n) is 2.93. The van der Waals surface area contributed by atoms with Crippen molar-refractivity contribution in [1.82, 2.24) is 0 Å². The van der Waals surface area contributed by atoms with Gasteiger partial charge in [0.05, 0.1) is 12.7 Å².